The van der Waals surface area contributed by atoms with E-state index >= 15 is 0 Å². The number of likely N-dealkylation sites (tertiary alicyclic amines) is 1. The van der Waals surface area contributed by atoms with Gasteiger partial charge in [-0.15, -0.1) is 0 Å². The summed E-state index contributed by atoms with van der Waals surface area (Å²) in [6, 6.07) is 8.42. The number of halogens is 2. The van der Waals surface area contributed by atoms with E-state index in [4.69, 9.17) is 0 Å². The molecule has 0 saturated carbocycles. The third-order valence-electron chi connectivity index (χ3n) is 5.96. The van der Waals surface area contributed by atoms with E-state index in [0.29, 0.717) is 24.2 Å². The minimum absolute atomic E-state index is 0.210. The van der Waals surface area contributed by atoms with E-state index in [0.717, 1.165) is 16.7 Å². The van der Waals surface area contributed by atoms with Gasteiger partial charge in [-0.2, -0.15) is 0 Å². The SMILES string of the molecule is O=C1CCC(N2Cc3cc(-c4cc(CN5CC(F)(F)C5)ccn4)ccc3C2=O)C(=O)N1. The van der Waals surface area contributed by atoms with Crippen molar-refractivity contribution in [1.29, 1.82) is 0 Å². The number of benzene rings is 1. The molecule has 4 heterocycles. The summed E-state index contributed by atoms with van der Waals surface area (Å²) in [6.07, 6.45) is 2.18. The van der Waals surface area contributed by atoms with Crippen molar-refractivity contribution in [3.63, 3.8) is 0 Å². The second-order valence-electron chi connectivity index (χ2n) is 8.32. The number of imide groups is 1. The maximum Gasteiger partial charge on any atom is 0.272 e. The number of hydrogen-bond acceptors (Lipinski definition) is 5. The summed E-state index contributed by atoms with van der Waals surface area (Å²) in [5.74, 6) is -3.59. The molecule has 9 heteroatoms. The van der Waals surface area contributed by atoms with E-state index in [1.807, 2.05) is 18.2 Å². The van der Waals surface area contributed by atoms with Crippen molar-refractivity contribution in [3.8, 4) is 11.3 Å². The van der Waals surface area contributed by atoms with Crippen molar-refractivity contribution in [2.75, 3.05) is 13.1 Å². The lowest BCUT2D eigenvalue weighted by atomic mass is 10.0. The Balaban J connectivity index is 1.34. The van der Waals surface area contributed by atoms with Crippen LogP contribution in [0.2, 0.25) is 0 Å². The molecule has 2 aromatic rings. The zero-order valence-electron chi connectivity index (χ0n) is 16.6. The van der Waals surface area contributed by atoms with Gasteiger partial charge in [-0.3, -0.25) is 29.6 Å². The average Bonchev–Trinajstić information content (AvgIpc) is 3.03. The number of rotatable bonds is 4. The van der Waals surface area contributed by atoms with Crippen molar-refractivity contribution >= 4 is 17.7 Å². The second kappa shape index (κ2) is 7.19. The lowest BCUT2D eigenvalue weighted by Gasteiger charge is -2.38. The number of piperidine rings is 1. The van der Waals surface area contributed by atoms with E-state index in [1.54, 1.807) is 23.2 Å². The van der Waals surface area contributed by atoms with Crippen LogP contribution in [0.4, 0.5) is 8.78 Å². The number of hydrogen-bond donors (Lipinski definition) is 1. The molecule has 2 fully saturated rings. The van der Waals surface area contributed by atoms with Crippen molar-refractivity contribution in [3.05, 3.63) is 53.2 Å². The Morgan fingerprint density at radius 1 is 1.13 bits per heavy atom. The van der Waals surface area contributed by atoms with Gasteiger partial charge in [0.05, 0.1) is 18.8 Å². The minimum Gasteiger partial charge on any atom is -0.322 e. The number of pyridine rings is 1. The van der Waals surface area contributed by atoms with Crippen LogP contribution in [0.15, 0.2) is 36.5 Å². The Morgan fingerprint density at radius 2 is 1.94 bits per heavy atom. The fourth-order valence-electron chi connectivity index (χ4n) is 4.44. The number of fused-ring (bicyclic) bond motifs is 1. The summed E-state index contributed by atoms with van der Waals surface area (Å²) in [7, 11) is 0. The number of carbonyl (C=O) groups excluding carboxylic acids is 3. The maximum absolute atomic E-state index is 13.1. The molecule has 160 valence electrons. The molecule has 5 rings (SSSR count). The standard InChI is InChI=1S/C22H20F2N4O3/c23-22(24)11-27(12-22)9-13-5-6-25-17(7-13)14-1-2-16-15(8-14)10-28(21(16)31)18-3-4-19(29)26-20(18)30/h1-2,5-8,18H,3-4,9-12H2,(H,26,29,30). The van der Waals surface area contributed by atoms with E-state index < -0.39 is 17.9 Å². The Bertz CT molecular complexity index is 1100. The molecule has 31 heavy (non-hydrogen) atoms. The van der Waals surface area contributed by atoms with E-state index in [9.17, 15) is 23.2 Å². The summed E-state index contributed by atoms with van der Waals surface area (Å²) >= 11 is 0. The smallest absolute Gasteiger partial charge is 0.272 e. The summed E-state index contributed by atoms with van der Waals surface area (Å²) in [5.41, 5.74) is 3.73. The Morgan fingerprint density at radius 3 is 2.68 bits per heavy atom. The largest absolute Gasteiger partial charge is 0.322 e. The molecule has 1 aromatic heterocycles. The molecule has 1 aromatic carbocycles. The highest BCUT2D eigenvalue weighted by atomic mass is 19.3. The topological polar surface area (TPSA) is 82.6 Å². The molecule has 7 nitrogen and oxygen atoms in total. The second-order valence-corrected chi connectivity index (χ2v) is 8.32. The fraction of sp³-hybridized carbons (Fsp3) is 0.364. The predicted octanol–water partition coefficient (Wildman–Crippen LogP) is 1.96. The molecular weight excluding hydrogens is 406 g/mol. The number of alkyl halides is 2. The fourth-order valence-corrected chi connectivity index (χ4v) is 4.44. The summed E-state index contributed by atoms with van der Waals surface area (Å²) in [6.45, 7) is 0.248. The number of nitrogens with one attached hydrogen (secondary N) is 1. The monoisotopic (exact) mass is 426 g/mol. The highest BCUT2D eigenvalue weighted by Crippen LogP contribution is 2.32. The molecule has 0 radical (unpaired) electrons. The molecule has 3 aliphatic rings. The molecule has 1 atom stereocenters. The van der Waals surface area contributed by atoms with Crippen molar-refractivity contribution in [1.82, 2.24) is 20.1 Å². The molecule has 1 N–H and O–H groups in total. The number of carbonyl (C=O) groups is 3. The van der Waals surface area contributed by atoms with Crippen LogP contribution in [0.3, 0.4) is 0 Å². The van der Waals surface area contributed by atoms with Crippen LogP contribution in [0.25, 0.3) is 11.3 Å². The van der Waals surface area contributed by atoms with Gasteiger partial charge >= 0.3 is 0 Å². The molecular formula is C22H20F2N4O3. The van der Waals surface area contributed by atoms with Crippen molar-refractivity contribution in [2.45, 2.75) is 37.9 Å². The molecule has 3 aliphatic heterocycles. The van der Waals surface area contributed by atoms with Gasteiger partial charge in [0.15, 0.2) is 0 Å². The van der Waals surface area contributed by atoms with Gasteiger partial charge in [-0.25, -0.2) is 8.78 Å². The van der Waals surface area contributed by atoms with Crippen LogP contribution >= 0.6 is 0 Å². The first-order valence-corrected chi connectivity index (χ1v) is 10.1. The van der Waals surface area contributed by atoms with Crippen LogP contribution in [-0.4, -0.2) is 57.6 Å². The van der Waals surface area contributed by atoms with Crippen LogP contribution in [-0.2, 0) is 22.7 Å². The van der Waals surface area contributed by atoms with Crippen molar-refractivity contribution < 1.29 is 23.2 Å². The van der Waals surface area contributed by atoms with Gasteiger partial charge in [0.2, 0.25) is 11.8 Å². The van der Waals surface area contributed by atoms with Crippen LogP contribution in [0.5, 0.6) is 0 Å². The van der Waals surface area contributed by atoms with Crippen LogP contribution in [0, 0.1) is 0 Å². The first-order chi connectivity index (χ1) is 14.8. The molecule has 2 saturated heterocycles. The lowest BCUT2D eigenvalue weighted by Crippen LogP contribution is -2.55. The average molecular weight is 426 g/mol. The zero-order valence-corrected chi connectivity index (χ0v) is 16.6. The van der Waals surface area contributed by atoms with E-state index in [-0.39, 0.29) is 37.9 Å². The zero-order chi connectivity index (χ0) is 21.8. The lowest BCUT2D eigenvalue weighted by molar-refractivity contribution is -0.137. The molecule has 0 spiro atoms. The van der Waals surface area contributed by atoms with Gasteiger partial charge in [0, 0.05) is 36.8 Å². The van der Waals surface area contributed by atoms with Gasteiger partial charge in [-0.05, 0) is 41.8 Å². The minimum atomic E-state index is -2.60. The summed E-state index contributed by atoms with van der Waals surface area (Å²) in [4.78, 5) is 44.0. The molecule has 3 amide bonds. The first-order valence-electron chi connectivity index (χ1n) is 10.1. The van der Waals surface area contributed by atoms with Crippen LogP contribution in [0.1, 0.15) is 34.3 Å². The third kappa shape index (κ3) is 3.69. The van der Waals surface area contributed by atoms with Gasteiger partial charge in [0.1, 0.15) is 6.04 Å². The highest BCUT2D eigenvalue weighted by Gasteiger charge is 2.43. The Hall–Kier alpha value is -3.20. The number of nitrogens with zero attached hydrogens (tertiary/aromatic N) is 3. The molecule has 1 unspecified atom stereocenters. The summed E-state index contributed by atoms with van der Waals surface area (Å²) in [5, 5.41) is 2.29. The van der Waals surface area contributed by atoms with Gasteiger partial charge < -0.3 is 4.90 Å². The predicted molar refractivity (Wildman–Crippen MR) is 106 cm³/mol. The maximum atomic E-state index is 13.1. The highest BCUT2D eigenvalue weighted by molar-refractivity contribution is 6.05. The Kier molecular flexibility index (Phi) is 4.58. The first kappa shape index (κ1) is 19.7. The van der Waals surface area contributed by atoms with Crippen LogP contribution < -0.4 is 5.32 Å². The van der Waals surface area contributed by atoms with Crippen molar-refractivity contribution in [2.24, 2.45) is 0 Å². The number of aromatic nitrogens is 1. The normalized spacial score (nSPS) is 22.8. The number of amides is 3. The molecule has 0 aliphatic carbocycles. The van der Waals surface area contributed by atoms with Gasteiger partial charge in [-0.1, -0.05) is 6.07 Å². The quantitative estimate of drug-likeness (QED) is 0.756. The summed E-state index contributed by atoms with van der Waals surface area (Å²) < 4.78 is 26.2. The van der Waals surface area contributed by atoms with Gasteiger partial charge in [0.25, 0.3) is 11.8 Å². The van der Waals surface area contributed by atoms with E-state index in [2.05, 4.69) is 10.3 Å². The third-order valence-corrected chi connectivity index (χ3v) is 5.96. The Labute approximate surface area is 177 Å². The van der Waals surface area contributed by atoms with E-state index in [1.165, 1.54) is 4.90 Å². The molecule has 0 bridgehead atoms.